The molecule has 0 spiro atoms. The second-order valence-electron chi connectivity index (χ2n) is 6.17. The summed E-state index contributed by atoms with van der Waals surface area (Å²) < 4.78 is 6.78. The van der Waals surface area contributed by atoms with Gasteiger partial charge < -0.3 is 4.74 Å². The standard InChI is InChI=1S/C20H23N3O2/c1-4-22(13-16-5-7-18(25-3)8-6-16)14-17-12-20(24)23-10-9-15(2)11-19(23)21-17/h5-12H,4,13-14H2,1-3H3. The number of aryl methyl sites for hydroxylation is 1. The fourth-order valence-electron chi connectivity index (χ4n) is 2.83. The average molecular weight is 337 g/mol. The van der Waals surface area contributed by atoms with E-state index in [-0.39, 0.29) is 5.56 Å². The molecule has 5 heteroatoms. The van der Waals surface area contributed by atoms with Gasteiger partial charge in [-0.3, -0.25) is 14.1 Å². The normalized spacial score (nSPS) is 11.2. The Morgan fingerprint density at radius 1 is 1.12 bits per heavy atom. The molecule has 0 N–H and O–H groups in total. The van der Waals surface area contributed by atoms with Crippen LogP contribution in [-0.4, -0.2) is 27.9 Å². The summed E-state index contributed by atoms with van der Waals surface area (Å²) in [6.07, 6.45) is 1.78. The monoisotopic (exact) mass is 337 g/mol. The summed E-state index contributed by atoms with van der Waals surface area (Å²) in [5, 5.41) is 0. The van der Waals surface area contributed by atoms with E-state index < -0.39 is 0 Å². The van der Waals surface area contributed by atoms with Crippen LogP contribution in [-0.2, 0) is 13.1 Å². The van der Waals surface area contributed by atoms with Crippen LogP contribution in [0.4, 0.5) is 0 Å². The number of nitrogens with zero attached hydrogens (tertiary/aromatic N) is 3. The number of pyridine rings is 1. The van der Waals surface area contributed by atoms with E-state index in [1.807, 2.05) is 31.2 Å². The third-order valence-electron chi connectivity index (χ3n) is 4.27. The van der Waals surface area contributed by atoms with Crippen molar-refractivity contribution in [2.24, 2.45) is 0 Å². The van der Waals surface area contributed by atoms with Gasteiger partial charge in [-0.15, -0.1) is 0 Å². The molecule has 3 aromatic rings. The molecule has 0 atom stereocenters. The van der Waals surface area contributed by atoms with E-state index in [1.54, 1.807) is 23.8 Å². The van der Waals surface area contributed by atoms with Crippen molar-refractivity contribution < 1.29 is 4.74 Å². The van der Waals surface area contributed by atoms with E-state index in [1.165, 1.54) is 5.56 Å². The first-order valence-electron chi connectivity index (χ1n) is 8.43. The lowest BCUT2D eigenvalue weighted by molar-refractivity contribution is 0.268. The highest BCUT2D eigenvalue weighted by Crippen LogP contribution is 2.14. The summed E-state index contributed by atoms with van der Waals surface area (Å²) in [7, 11) is 1.67. The largest absolute Gasteiger partial charge is 0.497 e. The van der Waals surface area contributed by atoms with Crippen molar-refractivity contribution in [2.45, 2.75) is 26.9 Å². The van der Waals surface area contributed by atoms with Crippen LogP contribution in [0, 0.1) is 6.92 Å². The molecule has 3 rings (SSSR count). The maximum atomic E-state index is 12.3. The highest BCUT2D eigenvalue weighted by atomic mass is 16.5. The first-order valence-corrected chi connectivity index (χ1v) is 8.43. The Morgan fingerprint density at radius 3 is 2.56 bits per heavy atom. The Labute approximate surface area is 147 Å². The van der Waals surface area contributed by atoms with Crippen LogP contribution in [0.3, 0.4) is 0 Å². The van der Waals surface area contributed by atoms with Crippen LogP contribution in [0.25, 0.3) is 5.65 Å². The highest BCUT2D eigenvalue weighted by molar-refractivity contribution is 5.41. The summed E-state index contributed by atoms with van der Waals surface area (Å²) in [5.41, 5.74) is 3.75. The second kappa shape index (κ2) is 7.49. The molecule has 0 saturated carbocycles. The molecule has 25 heavy (non-hydrogen) atoms. The molecular formula is C20H23N3O2. The highest BCUT2D eigenvalue weighted by Gasteiger charge is 2.09. The lowest BCUT2D eigenvalue weighted by atomic mass is 10.2. The zero-order chi connectivity index (χ0) is 17.8. The Morgan fingerprint density at radius 2 is 1.88 bits per heavy atom. The van der Waals surface area contributed by atoms with Crippen molar-refractivity contribution in [3.05, 3.63) is 75.8 Å². The second-order valence-corrected chi connectivity index (χ2v) is 6.17. The van der Waals surface area contributed by atoms with Gasteiger partial charge in [0.15, 0.2) is 0 Å². The molecule has 5 nitrogen and oxygen atoms in total. The SMILES string of the molecule is CCN(Cc1ccc(OC)cc1)Cc1cc(=O)n2ccc(C)cc2n1. The van der Waals surface area contributed by atoms with E-state index in [9.17, 15) is 4.79 Å². The molecule has 2 aromatic heterocycles. The summed E-state index contributed by atoms with van der Waals surface area (Å²) in [5.74, 6) is 0.853. The fourth-order valence-corrected chi connectivity index (χ4v) is 2.83. The first-order chi connectivity index (χ1) is 12.1. The van der Waals surface area contributed by atoms with Gasteiger partial charge >= 0.3 is 0 Å². The van der Waals surface area contributed by atoms with Gasteiger partial charge in [0.2, 0.25) is 0 Å². The molecule has 0 radical (unpaired) electrons. The molecule has 0 saturated heterocycles. The predicted molar refractivity (Wildman–Crippen MR) is 99.0 cm³/mol. The molecule has 0 amide bonds. The Hall–Kier alpha value is -2.66. The topological polar surface area (TPSA) is 46.8 Å². The zero-order valence-corrected chi connectivity index (χ0v) is 14.9. The van der Waals surface area contributed by atoms with Gasteiger partial charge in [0.1, 0.15) is 11.4 Å². The van der Waals surface area contributed by atoms with Crippen molar-refractivity contribution in [1.82, 2.24) is 14.3 Å². The molecule has 130 valence electrons. The molecule has 0 fully saturated rings. The van der Waals surface area contributed by atoms with Crippen LogP contribution in [0.5, 0.6) is 5.75 Å². The quantitative estimate of drug-likeness (QED) is 0.694. The summed E-state index contributed by atoms with van der Waals surface area (Å²) in [6, 6.07) is 13.5. The van der Waals surface area contributed by atoms with Crippen molar-refractivity contribution >= 4 is 5.65 Å². The van der Waals surface area contributed by atoms with Crippen molar-refractivity contribution in [3.63, 3.8) is 0 Å². The van der Waals surface area contributed by atoms with Gasteiger partial charge in [0, 0.05) is 25.4 Å². The van der Waals surface area contributed by atoms with Gasteiger partial charge in [0.25, 0.3) is 5.56 Å². The number of aromatic nitrogens is 2. The van der Waals surface area contributed by atoms with Crippen LogP contribution in [0.2, 0.25) is 0 Å². The fraction of sp³-hybridized carbons (Fsp3) is 0.300. The minimum absolute atomic E-state index is 0.0412. The van der Waals surface area contributed by atoms with Crippen molar-refractivity contribution in [3.8, 4) is 5.75 Å². The molecule has 1 aromatic carbocycles. The van der Waals surface area contributed by atoms with E-state index >= 15 is 0 Å². The van der Waals surface area contributed by atoms with Gasteiger partial charge in [0.05, 0.1) is 12.8 Å². The summed E-state index contributed by atoms with van der Waals surface area (Å²) in [6.45, 7) is 6.43. The van der Waals surface area contributed by atoms with Crippen molar-refractivity contribution in [1.29, 1.82) is 0 Å². The van der Waals surface area contributed by atoms with Crippen LogP contribution in [0.1, 0.15) is 23.7 Å². The minimum atomic E-state index is -0.0412. The Kier molecular flexibility index (Phi) is 5.14. The zero-order valence-electron chi connectivity index (χ0n) is 14.9. The Balaban J connectivity index is 1.81. The van der Waals surface area contributed by atoms with Gasteiger partial charge in [-0.2, -0.15) is 0 Å². The summed E-state index contributed by atoms with van der Waals surface area (Å²) in [4.78, 5) is 19.2. The van der Waals surface area contributed by atoms with Crippen LogP contribution >= 0.6 is 0 Å². The molecule has 0 aliphatic rings. The maximum absolute atomic E-state index is 12.3. The summed E-state index contributed by atoms with van der Waals surface area (Å²) >= 11 is 0. The number of benzene rings is 1. The minimum Gasteiger partial charge on any atom is -0.497 e. The van der Waals surface area contributed by atoms with Gasteiger partial charge in [-0.05, 0) is 48.9 Å². The van der Waals surface area contributed by atoms with E-state index in [2.05, 4.69) is 28.9 Å². The average Bonchev–Trinajstić information content (AvgIpc) is 2.61. The lowest BCUT2D eigenvalue weighted by Gasteiger charge is -2.20. The molecule has 0 unspecified atom stereocenters. The number of methoxy groups -OCH3 is 1. The van der Waals surface area contributed by atoms with Crippen LogP contribution in [0.15, 0.2) is 53.5 Å². The molecule has 0 aliphatic heterocycles. The molecular weight excluding hydrogens is 314 g/mol. The molecule has 2 heterocycles. The third kappa shape index (κ3) is 4.06. The molecule has 0 bridgehead atoms. The van der Waals surface area contributed by atoms with E-state index in [4.69, 9.17) is 4.74 Å². The maximum Gasteiger partial charge on any atom is 0.258 e. The number of hydrogen-bond donors (Lipinski definition) is 0. The number of rotatable bonds is 6. The smallest absolute Gasteiger partial charge is 0.258 e. The van der Waals surface area contributed by atoms with Crippen LogP contribution < -0.4 is 10.3 Å². The first kappa shape index (κ1) is 17.2. The van der Waals surface area contributed by atoms with E-state index in [0.29, 0.717) is 12.2 Å². The third-order valence-corrected chi connectivity index (χ3v) is 4.27. The number of hydrogen-bond acceptors (Lipinski definition) is 4. The molecule has 0 aliphatic carbocycles. The van der Waals surface area contributed by atoms with Gasteiger partial charge in [-0.25, -0.2) is 4.98 Å². The predicted octanol–water partition coefficient (Wildman–Crippen LogP) is 3.03. The Bertz CT molecular complexity index is 916. The lowest BCUT2D eigenvalue weighted by Crippen LogP contribution is -2.25. The van der Waals surface area contributed by atoms with Crippen molar-refractivity contribution in [2.75, 3.05) is 13.7 Å². The number of ether oxygens (including phenoxy) is 1. The van der Waals surface area contributed by atoms with Gasteiger partial charge in [-0.1, -0.05) is 19.1 Å². The van der Waals surface area contributed by atoms with E-state index in [0.717, 1.165) is 30.1 Å². The number of fused-ring (bicyclic) bond motifs is 1.